The van der Waals surface area contributed by atoms with Crippen molar-refractivity contribution in [1.82, 2.24) is 9.55 Å². The van der Waals surface area contributed by atoms with Crippen molar-refractivity contribution in [2.24, 2.45) is 11.8 Å². The quantitative estimate of drug-likeness (QED) is 0.866. The summed E-state index contributed by atoms with van der Waals surface area (Å²) >= 11 is 0. The maximum atomic E-state index is 4.58. The molecule has 1 aliphatic carbocycles. The number of nitrogens with zero attached hydrogens (tertiary/aromatic N) is 2. The molecular formula is C14H25N3. The molecule has 3 heteroatoms. The van der Waals surface area contributed by atoms with Crippen LogP contribution < -0.4 is 5.32 Å². The predicted octanol–water partition coefficient (Wildman–Crippen LogP) is 3.45. The van der Waals surface area contributed by atoms with Crippen LogP contribution in [0.3, 0.4) is 0 Å². The average molecular weight is 235 g/mol. The summed E-state index contributed by atoms with van der Waals surface area (Å²) < 4.78 is 2.21. The molecule has 3 atom stereocenters. The molecule has 1 heterocycles. The molecule has 0 spiro atoms. The van der Waals surface area contributed by atoms with E-state index in [0.29, 0.717) is 6.04 Å². The van der Waals surface area contributed by atoms with Crippen LogP contribution in [-0.2, 0) is 6.54 Å². The smallest absolute Gasteiger partial charge is 0.203 e. The van der Waals surface area contributed by atoms with Crippen molar-refractivity contribution in [1.29, 1.82) is 0 Å². The molecule has 1 aromatic heterocycles. The lowest BCUT2D eigenvalue weighted by atomic mass is 9.94. The van der Waals surface area contributed by atoms with Crippen molar-refractivity contribution in [3.63, 3.8) is 0 Å². The monoisotopic (exact) mass is 235 g/mol. The van der Waals surface area contributed by atoms with E-state index in [1.54, 1.807) is 0 Å². The minimum Gasteiger partial charge on any atom is -0.353 e. The van der Waals surface area contributed by atoms with Gasteiger partial charge in [-0.05, 0) is 38.5 Å². The molecule has 0 aromatic carbocycles. The van der Waals surface area contributed by atoms with Crippen molar-refractivity contribution in [3.8, 4) is 0 Å². The summed E-state index contributed by atoms with van der Waals surface area (Å²) in [5.41, 5.74) is 1.10. The highest BCUT2D eigenvalue weighted by Crippen LogP contribution is 2.35. The molecule has 0 amide bonds. The van der Waals surface area contributed by atoms with Crippen LogP contribution in [0.1, 0.15) is 45.7 Å². The summed E-state index contributed by atoms with van der Waals surface area (Å²) in [6.07, 6.45) is 6.08. The third-order valence-electron chi connectivity index (χ3n) is 4.30. The van der Waals surface area contributed by atoms with Gasteiger partial charge in [-0.2, -0.15) is 0 Å². The van der Waals surface area contributed by atoms with Gasteiger partial charge >= 0.3 is 0 Å². The summed E-state index contributed by atoms with van der Waals surface area (Å²) in [4.78, 5) is 4.58. The van der Waals surface area contributed by atoms with Crippen LogP contribution in [-0.4, -0.2) is 15.6 Å². The summed E-state index contributed by atoms with van der Waals surface area (Å²) in [5.74, 6) is 2.71. The van der Waals surface area contributed by atoms with Crippen molar-refractivity contribution in [3.05, 3.63) is 11.9 Å². The van der Waals surface area contributed by atoms with Crippen LogP contribution in [0, 0.1) is 18.8 Å². The Kier molecular flexibility index (Phi) is 3.75. The highest BCUT2D eigenvalue weighted by Gasteiger charge is 2.32. The zero-order valence-corrected chi connectivity index (χ0v) is 11.5. The van der Waals surface area contributed by atoms with Crippen LogP contribution in [0.2, 0.25) is 0 Å². The number of nitrogens with one attached hydrogen (secondary N) is 1. The van der Waals surface area contributed by atoms with Gasteiger partial charge < -0.3 is 9.88 Å². The number of aromatic nitrogens is 2. The van der Waals surface area contributed by atoms with Crippen LogP contribution >= 0.6 is 0 Å². The SMILES string of the molecule is CCC1CCC(Nc2nc(C)cn2CC)C1C. The molecule has 1 aliphatic rings. The lowest BCUT2D eigenvalue weighted by Crippen LogP contribution is -2.26. The maximum Gasteiger partial charge on any atom is 0.203 e. The third kappa shape index (κ3) is 2.48. The molecule has 0 saturated heterocycles. The number of aryl methyl sites for hydroxylation is 2. The van der Waals surface area contributed by atoms with Gasteiger partial charge in [0.05, 0.1) is 5.69 Å². The lowest BCUT2D eigenvalue weighted by molar-refractivity contribution is 0.390. The van der Waals surface area contributed by atoms with Gasteiger partial charge in [-0.25, -0.2) is 4.98 Å². The van der Waals surface area contributed by atoms with Crippen LogP contribution in [0.25, 0.3) is 0 Å². The summed E-state index contributed by atoms with van der Waals surface area (Å²) in [6, 6.07) is 0.604. The van der Waals surface area contributed by atoms with E-state index >= 15 is 0 Å². The number of anilines is 1. The molecule has 0 radical (unpaired) electrons. The van der Waals surface area contributed by atoms with Gasteiger partial charge in [0.1, 0.15) is 0 Å². The standard InChI is InChI=1S/C14H25N3/c1-5-12-7-8-13(11(12)4)16-14-15-10(3)9-17(14)6-2/h9,11-13H,5-8H2,1-4H3,(H,15,16). The van der Waals surface area contributed by atoms with E-state index in [4.69, 9.17) is 0 Å². The fourth-order valence-electron chi connectivity index (χ4n) is 3.10. The van der Waals surface area contributed by atoms with Crippen LogP contribution in [0.15, 0.2) is 6.20 Å². The Labute approximate surface area is 105 Å². The molecule has 96 valence electrons. The molecule has 1 N–H and O–H groups in total. The molecule has 3 unspecified atom stereocenters. The van der Waals surface area contributed by atoms with E-state index < -0.39 is 0 Å². The van der Waals surface area contributed by atoms with Crippen molar-refractivity contribution < 1.29 is 0 Å². The molecule has 3 nitrogen and oxygen atoms in total. The molecule has 0 bridgehead atoms. The Hall–Kier alpha value is -0.990. The van der Waals surface area contributed by atoms with Gasteiger partial charge in [0.25, 0.3) is 0 Å². The van der Waals surface area contributed by atoms with Gasteiger partial charge in [-0.3, -0.25) is 0 Å². The maximum absolute atomic E-state index is 4.58. The topological polar surface area (TPSA) is 29.9 Å². The Balaban J connectivity index is 2.06. The fourth-order valence-corrected chi connectivity index (χ4v) is 3.10. The van der Waals surface area contributed by atoms with Crippen LogP contribution in [0.4, 0.5) is 5.95 Å². The molecular weight excluding hydrogens is 210 g/mol. The van der Waals surface area contributed by atoms with Gasteiger partial charge in [0.15, 0.2) is 0 Å². The zero-order valence-electron chi connectivity index (χ0n) is 11.5. The fraction of sp³-hybridized carbons (Fsp3) is 0.786. The minimum absolute atomic E-state index is 0.604. The number of imidazole rings is 1. The van der Waals surface area contributed by atoms with E-state index in [-0.39, 0.29) is 0 Å². The number of rotatable bonds is 4. The summed E-state index contributed by atoms with van der Waals surface area (Å²) in [6.45, 7) is 9.90. The first-order valence-electron chi connectivity index (χ1n) is 6.96. The highest BCUT2D eigenvalue weighted by atomic mass is 15.2. The van der Waals surface area contributed by atoms with Crippen LogP contribution in [0.5, 0.6) is 0 Å². The first kappa shape index (κ1) is 12.5. The Morgan fingerprint density at radius 2 is 2.18 bits per heavy atom. The van der Waals surface area contributed by atoms with E-state index in [2.05, 4.69) is 48.8 Å². The molecule has 2 rings (SSSR count). The summed E-state index contributed by atoms with van der Waals surface area (Å²) in [5, 5.41) is 3.65. The van der Waals surface area contributed by atoms with Crippen molar-refractivity contribution in [2.75, 3.05) is 5.32 Å². The second kappa shape index (κ2) is 5.11. The molecule has 1 aromatic rings. The van der Waals surface area contributed by atoms with Gasteiger partial charge in [0, 0.05) is 18.8 Å². The van der Waals surface area contributed by atoms with Gasteiger partial charge in [-0.15, -0.1) is 0 Å². The largest absolute Gasteiger partial charge is 0.353 e. The number of hydrogen-bond acceptors (Lipinski definition) is 2. The van der Waals surface area contributed by atoms with E-state index in [1.165, 1.54) is 19.3 Å². The Bertz CT molecular complexity index is 370. The van der Waals surface area contributed by atoms with Gasteiger partial charge in [-0.1, -0.05) is 20.3 Å². The van der Waals surface area contributed by atoms with E-state index in [0.717, 1.165) is 30.0 Å². The molecule has 17 heavy (non-hydrogen) atoms. The lowest BCUT2D eigenvalue weighted by Gasteiger charge is -2.21. The minimum atomic E-state index is 0.604. The second-order valence-corrected chi connectivity index (χ2v) is 5.35. The predicted molar refractivity (Wildman–Crippen MR) is 72.2 cm³/mol. The normalized spacial score (nSPS) is 28.6. The van der Waals surface area contributed by atoms with Gasteiger partial charge in [0.2, 0.25) is 5.95 Å². The van der Waals surface area contributed by atoms with E-state index in [9.17, 15) is 0 Å². The highest BCUT2D eigenvalue weighted by molar-refractivity contribution is 5.31. The first-order chi connectivity index (χ1) is 8.15. The zero-order chi connectivity index (χ0) is 12.4. The Morgan fingerprint density at radius 3 is 2.76 bits per heavy atom. The van der Waals surface area contributed by atoms with E-state index in [1.807, 2.05) is 0 Å². The van der Waals surface area contributed by atoms with Crippen molar-refractivity contribution >= 4 is 5.95 Å². The molecule has 1 fully saturated rings. The Morgan fingerprint density at radius 1 is 1.41 bits per heavy atom. The van der Waals surface area contributed by atoms with Crippen molar-refractivity contribution in [2.45, 2.75) is 59.5 Å². The average Bonchev–Trinajstić information content (AvgIpc) is 2.84. The number of hydrogen-bond donors (Lipinski definition) is 1. The third-order valence-corrected chi connectivity index (χ3v) is 4.30. The second-order valence-electron chi connectivity index (χ2n) is 5.35. The summed E-state index contributed by atoms with van der Waals surface area (Å²) in [7, 11) is 0. The molecule has 0 aliphatic heterocycles. The first-order valence-corrected chi connectivity index (χ1v) is 6.96. The molecule has 1 saturated carbocycles.